The topological polar surface area (TPSA) is 128 Å². The molecule has 220 valence electrons. The first-order chi connectivity index (χ1) is 19.8. The van der Waals surface area contributed by atoms with Gasteiger partial charge in [-0.05, 0) is 70.0 Å². The van der Waals surface area contributed by atoms with Gasteiger partial charge in [-0.2, -0.15) is 18.3 Å². The molecule has 0 aliphatic carbocycles. The van der Waals surface area contributed by atoms with E-state index in [1.807, 2.05) is 20.8 Å². The van der Waals surface area contributed by atoms with E-state index in [4.69, 9.17) is 15.6 Å². The van der Waals surface area contributed by atoms with E-state index in [2.05, 4.69) is 15.3 Å². The van der Waals surface area contributed by atoms with Crippen LogP contribution in [-0.2, 0) is 10.9 Å². The van der Waals surface area contributed by atoms with E-state index in [0.717, 1.165) is 37.1 Å². The normalized spacial score (nSPS) is 16.0. The van der Waals surface area contributed by atoms with Crippen molar-refractivity contribution in [3.05, 3.63) is 66.0 Å². The van der Waals surface area contributed by atoms with E-state index in [1.54, 1.807) is 33.8 Å². The van der Waals surface area contributed by atoms with Crippen molar-refractivity contribution < 1.29 is 27.5 Å². The monoisotopic (exact) mass is 581 g/mol. The van der Waals surface area contributed by atoms with Crippen LogP contribution in [0, 0.1) is 0 Å². The minimum atomic E-state index is -4.48. The summed E-state index contributed by atoms with van der Waals surface area (Å²) < 4.78 is 45.8. The summed E-state index contributed by atoms with van der Waals surface area (Å²) in [5.74, 6) is -0.295. The molecule has 1 aliphatic rings. The second kappa shape index (κ2) is 11.0. The fourth-order valence-electron chi connectivity index (χ4n) is 4.82. The van der Waals surface area contributed by atoms with Gasteiger partial charge in [0.25, 0.3) is 5.91 Å². The van der Waals surface area contributed by atoms with E-state index in [9.17, 15) is 22.8 Å². The van der Waals surface area contributed by atoms with Crippen molar-refractivity contribution in [1.29, 1.82) is 0 Å². The number of alkyl halides is 3. The molecular formula is C29H30F3N7O3. The van der Waals surface area contributed by atoms with Gasteiger partial charge < -0.3 is 20.7 Å². The highest BCUT2D eigenvalue weighted by Gasteiger charge is 2.32. The molecule has 2 aromatic carbocycles. The Balaban J connectivity index is 1.38. The van der Waals surface area contributed by atoms with Crippen LogP contribution in [0.15, 0.2) is 54.9 Å². The molecule has 5 rings (SSSR count). The first-order valence-corrected chi connectivity index (χ1v) is 13.4. The number of carbonyl (C=O) groups is 2. The number of nitrogens with two attached hydrogens (primary N) is 1. The molecular weight excluding hydrogens is 551 g/mol. The average Bonchev–Trinajstić information content (AvgIpc) is 3.33. The average molecular weight is 582 g/mol. The number of piperidine rings is 1. The lowest BCUT2D eigenvalue weighted by atomic mass is 10.1. The highest BCUT2D eigenvalue weighted by molar-refractivity contribution is 6.04. The van der Waals surface area contributed by atoms with Crippen LogP contribution >= 0.6 is 0 Å². The molecule has 1 atom stereocenters. The lowest BCUT2D eigenvalue weighted by Gasteiger charge is -2.34. The fourth-order valence-corrected chi connectivity index (χ4v) is 4.82. The van der Waals surface area contributed by atoms with Gasteiger partial charge in [-0.1, -0.05) is 12.1 Å². The zero-order chi connectivity index (χ0) is 30.2. The third-order valence-electron chi connectivity index (χ3n) is 6.80. The Morgan fingerprint density at radius 1 is 1.02 bits per heavy atom. The van der Waals surface area contributed by atoms with Crippen molar-refractivity contribution in [2.75, 3.05) is 24.1 Å². The maximum atomic E-state index is 12.8. The summed E-state index contributed by atoms with van der Waals surface area (Å²) in [7, 11) is 0. The van der Waals surface area contributed by atoms with Crippen LogP contribution in [0.4, 0.5) is 29.5 Å². The summed E-state index contributed by atoms with van der Waals surface area (Å²) >= 11 is 0. The number of nitrogens with one attached hydrogen (secondary N) is 1. The number of aromatic nitrogens is 4. The van der Waals surface area contributed by atoms with E-state index in [-0.39, 0.29) is 23.5 Å². The zero-order valence-electron chi connectivity index (χ0n) is 23.3. The molecule has 1 saturated heterocycles. The Labute approximate surface area is 239 Å². The van der Waals surface area contributed by atoms with Gasteiger partial charge in [-0.15, -0.1) is 0 Å². The van der Waals surface area contributed by atoms with Crippen LogP contribution in [0.25, 0.3) is 22.3 Å². The van der Waals surface area contributed by atoms with Crippen molar-refractivity contribution in [3.63, 3.8) is 0 Å². The van der Waals surface area contributed by atoms with Crippen molar-refractivity contribution in [2.24, 2.45) is 0 Å². The molecule has 1 fully saturated rings. The van der Waals surface area contributed by atoms with E-state index >= 15 is 0 Å². The van der Waals surface area contributed by atoms with Crippen molar-refractivity contribution in [3.8, 4) is 11.3 Å². The highest BCUT2D eigenvalue weighted by atomic mass is 19.4. The molecule has 13 heteroatoms. The molecule has 4 aromatic rings. The summed E-state index contributed by atoms with van der Waals surface area (Å²) in [5.41, 5.74) is 7.12. The van der Waals surface area contributed by atoms with Crippen LogP contribution in [-0.4, -0.2) is 55.3 Å². The number of hydrogen-bond acceptors (Lipinski definition) is 7. The molecule has 3 N–H and O–H groups in total. The number of fused-ring (bicyclic) bond motifs is 1. The van der Waals surface area contributed by atoms with Gasteiger partial charge in [-0.3, -0.25) is 4.79 Å². The van der Waals surface area contributed by atoms with Crippen LogP contribution in [0.3, 0.4) is 0 Å². The summed E-state index contributed by atoms with van der Waals surface area (Å²) in [4.78, 5) is 35.6. The molecule has 0 saturated carbocycles. The quantitative estimate of drug-likeness (QED) is 0.306. The van der Waals surface area contributed by atoms with E-state index < -0.39 is 23.2 Å². The maximum absolute atomic E-state index is 12.8. The third-order valence-corrected chi connectivity index (χ3v) is 6.80. The Kier molecular flexibility index (Phi) is 7.52. The smallest absolute Gasteiger partial charge is 0.416 e. The van der Waals surface area contributed by atoms with Gasteiger partial charge in [0.15, 0.2) is 5.65 Å². The van der Waals surface area contributed by atoms with Gasteiger partial charge in [0, 0.05) is 29.9 Å². The highest BCUT2D eigenvalue weighted by Crippen LogP contribution is 2.34. The number of benzene rings is 2. The molecule has 2 aromatic heterocycles. The summed E-state index contributed by atoms with van der Waals surface area (Å²) in [6, 6.07) is 10.6. The SMILES string of the molecule is CC(C)(C)OC(=O)N1CCC[C@@H](n2nc(-c3ccc(NC(=O)c4ccc(C(F)(F)F)cc4)cc3)c3c(N)ncnc32)C1. The van der Waals surface area contributed by atoms with Gasteiger partial charge in [0.05, 0.1) is 17.0 Å². The zero-order valence-corrected chi connectivity index (χ0v) is 23.3. The first kappa shape index (κ1) is 28.8. The van der Waals surface area contributed by atoms with Crippen molar-refractivity contribution in [1.82, 2.24) is 24.6 Å². The number of halogens is 3. The summed E-state index contributed by atoms with van der Waals surface area (Å²) in [5, 5.41) is 8.11. The van der Waals surface area contributed by atoms with Crippen molar-refractivity contribution in [2.45, 2.75) is 51.4 Å². The molecule has 42 heavy (non-hydrogen) atoms. The number of amides is 2. The Morgan fingerprint density at radius 2 is 1.71 bits per heavy atom. The minimum Gasteiger partial charge on any atom is -0.444 e. The van der Waals surface area contributed by atoms with Gasteiger partial charge >= 0.3 is 12.3 Å². The largest absolute Gasteiger partial charge is 0.444 e. The van der Waals surface area contributed by atoms with Gasteiger partial charge in [-0.25, -0.2) is 19.4 Å². The number of rotatable bonds is 4. The number of nitrogens with zero attached hydrogens (tertiary/aromatic N) is 5. The number of nitrogen functional groups attached to an aromatic ring is 1. The Morgan fingerprint density at radius 3 is 2.36 bits per heavy atom. The molecule has 3 heterocycles. The summed E-state index contributed by atoms with van der Waals surface area (Å²) in [6.45, 7) is 6.44. The predicted octanol–water partition coefficient (Wildman–Crippen LogP) is 5.92. The molecule has 0 radical (unpaired) electrons. The van der Waals surface area contributed by atoms with Crippen LogP contribution < -0.4 is 11.1 Å². The lowest BCUT2D eigenvalue weighted by Crippen LogP contribution is -2.43. The van der Waals surface area contributed by atoms with E-state index in [1.165, 1.54) is 6.33 Å². The van der Waals surface area contributed by atoms with Crippen LogP contribution in [0.5, 0.6) is 0 Å². The fraction of sp³-hybridized carbons (Fsp3) is 0.345. The second-order valence-corrected chi connectivity index (χ2v) is 11.1. The Hall–Kier alpha value is -4.68. The molecule has 0 bridgehead atoms. The van der Waals surface area contributed by atoms with Crippen LogP contribution in [0.1, 0.15) is 55.6 Å². The molecule has 0 spiro atoms. The number of ether oxygens (including phenoxy) is 1. The molecule has 10 nitrogen and oxygen atoms in total. The van der Waals surface area contributed by atoms with Gasteiger partial charge in [0.1, 0.15) is 23.4 Å². The molecule has 0 unspecified atom stereocenters. The Bertz CT molecular complexity index is 1610. The molecule has 1 aliphatic heterocycles. The van der Waals surface area contributed by atoms with E-state index in [0.29, 0.717) is 41.1 Å². The number of carbonyl (C=O) groups excluding carboxylic acids is 2. The number of anilines is 2. The number of hydrogen-bond donors (Lipinski definition) is 2. The maximum Gasteiger partial charge on any atom is 0.416 e. The minimum absolute atomic E-state index is 0.0923. The van der Waals surface area contributed by atoms with Crippen molar-refractivity contribution >= 4 is 34.5 Å². The van der Waals surface area contributed by atoms with Gasteiger partial charge in [0.2, 0.25) is 0 Å². The third kappa shape index (κ3) is 6.14. The predicted molar refractivity (Wildman–Crippen MR) is 151 cm³/mol. The lowest BCUT2D eigenvalue weighted by molar-refractivity contribution is -0.137. The number of likely N-dealkylation sites (tertiary alicyclic amines) is 1. The first-order valence-electron chi connectivity index (χ1n) is 13.4. The molecule has 2 amide bonds. The summed E-state index contributed by atoms with van der Waals surface area (Å²) in [6.07, 6.45) is -1.96. The standard InChI is InChI=1S/C29H30F3N7O3/c1-28(2,3)42-27(41)38-14-4-5-21(15-38)39-25-22(24(33)34-16-35-25)23(37-39)17-8-12-20(13-9-17)36-26(40)18-6-10-19(11-7-18)29(30,31)32/h6-13,16,21H,4-5,14-15H2,1-3H3,(H,36,40)(H2,33,34,35)/t21-/m1/s1. The van der Waals surface area contributed by atoms with Crippen LogP contribution in [0.2, 0.25) is 0 Å². The second-order valence-electron chi connectivity index (χ2n) is 11.1.